The predicted molar refractivity (Wildman–Crippen MR) is 107 cm³/mol. The van der Waals surface area contributed by atoms with Crippen molar-refractivity contribution < 1.29 is 0 Å². The molecule has 0 fully saturated rings. The summed E-state index contributed by atoms with van der Waals surface area (Å²) in [4.78, 5) is 4.57. The molecule has 0 saturated heterocycles. The zero-order valence-electron chi connectivity index (χ0n) is 14.4. The van der Waals surface area contributed by atoms with Crippen LogP contribution >= 0.6 is 11.8 Å². The van der Waals surface area contributed by atoms with Gasteiger partial charge in [-0.05, 0) is 48.1 Å². The van der Waals surface area contributed by atoms with Crippen molar-refractivity contribution in [2.24, 2.45) is 4.99 Å². The molecular formula is C21H24N2S. The maximum Gasteiger partial charge on any atom is 0.157 e. The molecule has 0 saturated carbocycles. The molecule has 3 heteroatoms. The molecule has 1 atom stereocenters. The molecule has 1 N–H and O–H groups in total. The third-order valence-corrected chi connectivity index (χ3v) is 5.44. The van der Waals surface area contributed by atoms with Crippen LogP contribution in [0.1, 0.15) is 34.7 Å². The second-order valence-electron chi connectivity index (χ2n) is 6.20. The summed E-state index contributed by atoms with van der Waals surface area (Å²) in [6.07, 6.45) is 0.869. The lowest BCUT2D eigenvalue weighted by Gasteiger charge is -2.24. The second-order valence-corrected chi connectivity index (χ2v) is 7.28. The Morgan fingerprint density at radius 2 is 1.96 bits per heavy atom. The Labute approximate surface area is 149 Å². The Morgan fingerprint density at radius 1 is 1.17 bits per heavy atom. The van der Waals surface area contributed by atoms with Crippen molar-refractivity contribution in [1.29, 1.82) is 0 Å². The molecule has 1 unspecified atom stereocenters. The van der Waals surface area contributed by atoms with Gasteiger partial charge < -0.3 is 5.32 Å². The normalized spacial score (nSPS) is 15.0. The highest BCUT2D eigenvalue weighted by atomic mass is 32.2. The van der Waals surface area contributed by atoms with Crippen molar-refractivity contribution in [1.82, 2.24) is 5.32 Å². The SMILES string of the molecule is C=C(CC(NC1=NCCS1)c1cccc(C)c1C)c1ccccc1. The van der Waals surface area contributed by atoms with Gasteiger partial charge in [0.25, 0.3) is 0 Å². The number of nitrogens with one attached hydrogen (secondary N) is 1. The van der Waals surface area contributed by atoms with E-state index in [9.17, 15) is 0 Å². The van der Waals surface area contributed by atoms with Crippen LogP contribution in [0.3, 0.4) is 0 Å². The maximum absolute atomic E-state index is 4.57. The van der Waals surface area contributed by atoms with Crippen molar-refractivity contribution in [3.05, 3.63) is 77.4 Å². The molecule has 2 aromatic carbocycles. The van der Waals surface area contributed by atoms with Gasteiger partial charge in [-0.15, -0.1) is 0 Å². The number of rotatable bonds is 5. The number of aryl methyl sites for hydroxylation is 1. The molecule has 0 bridgehead atoms. The molecular weight excluding hydrogens is 312 g/mol. The van der Waals surface area contributed by atoms with E-state index in [0.29, 0.717) is 0 Å². The summed E-state index contributed by atoms with van der Waals surface area (Å²) < 4.78 is 0. The van der Waals surface area contributed by atoms with Gasteiger partial charge in [-0.25, -0.2) is 0 Å². The molecule has 1 aliphatic rings. The molecule has 0 amide bonds. The van der Waals surface area contributed by atoms with Crippen LogP contribution in [0, 0.1) is 13.8 Å². The van der Waals surface area contributed by atoms with Crippen LogP contribution in [0.15, 0.2) is 60.1 Å². The molecule has 3 rings (SSSR count). The molecule has 0 aliphatic carbocycles. The summed E-state index contributed by atoms with van der Waals surface area (Å²) >= 11 is 1.81. The first-order valence-corrected chi connectivity index (χ1v) is 9.37. The van der Waals surface area contributed by atoms with E-state index in [1.165, 1.54) is 22.3 Å². The van der Waals surface area contributed by atoms with E-state index in [-0.39, 0.29) is 6.04 Å². The zero-order valence-corrected chi connectivity index (χ0v) is 15.2. The van der Waals surface area contributed by atoms with Gasteiger partial charge in [-0.3, -0.25) is 4.99 Å². The van der Waals surface area contributed by atoms with Gasteiger partial charge in [0.1, 0.15) is 0 Å². The Hall–Kier alpha value is -2.00. The summed E-state index contributed by atoms with van der Waals surface area (Å²) in [7, 11) is 0. The van der Waals surface area contributed by atoms with Crippen molar-refractivity contribution in [3.8, 4) is 0 Å². The maximum atomic E-state index is 4.57. The van der Waals surface area contributed by atoms with Gasteiger partial charge in [0.05, 0.1) is 12.6 Å². The van der Waals surface area contributed by atoms with E-state index >= 15 is 0 Å². The number of hydrogen-bond donors (Lipinski definition) is 1. The first-order valence-electron chi connectivity index (χ1n) is 8.38. The number of nitrogens with zero attached hydrogens (tertiary/aromatic N) is 1. The smallest absolute Gasteiger partial charge is 0.157 e. The minimum Gasteiger partial charge on any atom is -0.358 e. The van der Waals surface area contributed by atoms with E-state index < -0.39 is 0 Å². The van der Waals surface area contributed by atoms with Crippen LogP contribution in [0.5, 0.6) is 0 Å². The predicted octanol–water partition coefficient (Wildman–Crippen LogP) is 5.14. The first kappa shape index (κ1) is 16.8. The van der Waals surface area contributed by atoms with E-state index in [0.717, 1.165) is 29.5 Å². The molecule has 2 aromatic rings. The number of thioether (sulfide) groups is 1. The van der Waals surface area contributed by atoms with Crippen LogP contribution in [0.25, 0.3) is 5.57 Å². The zero-order chi connectivity index (χ0) is 16.9. The Morgan fingerprint density at radius 3 is 2.67 bits per heavy atom. The van der Waals surface area contributed by atoms with Gasteiger partial charge in [0.2, 0.25) is 0 Å². The van der Waals surface area contributed by atoms with Crippen molar-refractivity contribution >= 4 is 22.5 Å². The van der Waals surface area contributed by atoms with E-state index in [1.807, 2.05) is 17.8 Å². The summed E-state index contributed by atoms with van der Waals surface area (Å²) in [5.41, 5.74) is 6.36. The average molecular weight is 337 g/mol. The van der Waals surface area contributed by atoms with E-state index in [2.05, 4.69) is 73.2 Å². The monoisotopic (exact) mass is 336 g/mol. The Kier molecular flexibility index (Phi) is 5.41. The summed E-state index contributed by atoms with van der Waals surface area (Å²) in [6, 6.07) is 17.2. The Bertz CT molecular complexity index is 750. The van der Waals surface area contributed by atoms with E-state index in [1.54, 1.807) is 0 Å². The highest BCUT2D eigenvalue weighted by Gasteiger charge is 2.19. The fourth-order valence-electron chi connectivity index (χ4n) is 3.00. The largest absolute Gasteiger partial charge is 0.358 e. The third kappa shape index (κ3) is 3.90. The average Bonchev–Trinajstić information content (AvgIpc) is 3.10. The molecule has 1 aliphatic heterocycles. The first-order chi connectivity index (χ1) is 11.6. The number of aliphatic imine (C=N–C) groups is 1. The van der Waals surface area contributed by atoms with Gasteiger partial charge in [0.15, 0.2) is 5.17 Å². The van der Waals surface area contributed by atoms with Gasteiger partial charge in [-0.2, -0.15) is 0 Å². The second kappa shape index (κ2) is 7.71. The Balaban J connectivity index is 1.87. The lowest BCUT2D eigenvalue weighted by molar-refractivity contribution is 0.666. The van der Waals surface area contributed by atoms with Crippen molar-refractivity contribution in [2.45, 2.75) is 26.3 Å². The number of amidine groups is 1. The minimum absolute atomic E-state index is 0.196. The van der Waals surface area contributed by atoms with Crippen LogP contribution in [0.2, 0.25) is 0 Å². The number of benzene rings is 2. The van der Waals surface area contributed by atoms with Crippen molar-refractivity contribution in [3.63, 3.8) is 0 Å². The van der Waals surface area contributed by atoms with Gasteiger partial charge >= 0.3 is 0 Å². The highest BCUT2D eigenvalue weighted by Crippen LogP contribution is 2.30. The molecule has 0 spiro atoms. The topological polar surface area (TPSA) is 24.4 Å². The molecule has 2 nitrogen and oxygen atoms in total. The molecule has 0 aromatic heterocycles. The fourth-order valence-corrected chi connectivity index (χ4v) is 3.78. The quantitative estimate of drug-likeness (QED) is 0.817. The van der Waals surface area contributed by atoms with E-state index in [4.69, 9.17) is 0 Å². The van der Waals surface area contributed by atoms with Crippen LogP contribution in [0.4, 0.5) is 0 Å². The van der Waals surface area contributed by atoms with Crippen LogP contribution in [-0.4, -0.2) is 17.5 Å². The fraction of sp³-hybridized carbons (Fsp3) is 0.286. The minimum atomic E-state index is 0.196. The lowest BCUT2D eigenvalue weighted by atomic mass is 9.91. The van der Waals surface area contributed by atoms with Crippen LogP contribution in [-0.2, 0) is 0 Å². The standard InChI is InChI=1S/C21H24N2S/c1-15-8-7-11-19(17(15)3)20(23-21-22-12-13-24-21)14-16(2)18-9-5-4-6-10-18/h4-11,20H,2,12-14H2,1,3H3,(H,22,23). The van der Waals surface area contributed by atoms with Gasteiger partial charge in [0, 0.05) is 5.75 Å². The summed E-state index contributed by atoms with van der Waals surface area (Å²) in [6.45, 7) is 9.61. The summed E-state index contributed by atoms with van der Waals surface area (Å²) in [5.74, 6) is 1.07. The third-order valence-electron chi connectivity index (χ3n) is 4.54. The molecule has 1 heterocycles. The van der Waals surface area contributed by atoms with Crippen molar-refractivity contribution in [2.75, 3.05) is 12.3 Å². The van der Waals surface area contributed by atoms with Gasteiger partial charge in [-0.1, -0.05) is 66.9 Å². The number of hydrogen-bond acceptors (Lipinski definition) is 3. The molecule has 24 heavy (non-hydrogen) atoms. The lowest BCUT2D eigenvalue weighted by Crippen LogP contribution is -2.26. The highest BCUT2D eigenvalue weighted by molar-refractivity contribution is 8.14. The van der Waals surface area contributed by atoms with Crippen LogP contribution < -0.4 is 5.32 Å². The summed E-state index contributed by atoms with van der Waals surface area (Å²) in [5, 5.41) is 4.71. The molecule has 124 valence electrons. The molecule has 0 radical (unpaired) electrons.